The average molecular weight is 348 g/mol. The lowest BCUT2D eigenvalue weighted by Gasteiger charge is -2.26. The van der Waals surface area contributed by atoms with Crippen LogP contribution >= 0.6 is 15.9 Å². The van der Waals surface area contributed by atoms with Crippen LogP contribution in [0.5, 0.6) is 0 Å². The molecule has 2 aromatic rings. The number of rotatable bonds is 3. The van der Waals surface area contributed by atoms with Crippen molar-refractivity contribution in [1.29, 1.82) is 0 Å². The van der Waals surface area contributed by atoms with Gasteiger partial charge in [-0.25, -0.2) is 0 Å². The number of benzene rings is 1. The molecular formula is C16H18BrN3O. The van der Waals surface area contributed by atoms with Crippen molar-refractivity contribution >= 4 is 21.8 Å². The summed E-state index contributed by atoms with van der Waals surface area (Å²) in [5, 5.41) is 7.10. The van der Waals surface area contributed by atoms with Crippen molar-refractivity contribution in [2.75, 3.05) is 7.05 Å². The predicted molar refractivity (Wildman–Crippen MR) is 84.9 cm³/mol. The Bertz CT molecular complexity index is 635. The second-order valence-electron chi connectivity index (χ2n) is 5.57. The van der Waals surface area contributed by atoms with E-state index in [9.17, 15) is 4.79 Å². The van der Waals surface area contributed by atoms with Crippen LogP contribution in [0.2, 0.25) is 0 Å². The third-order valence-corrected chi connectivity index (χ3v) is 4.58. The molecule has 21 heavy (non-hydrogen) atoms. The standard InChI is InChI=1S/C16H18BrN3O/c1-20(10-11-5-7-12(17)8-6-11)16(21)13-3-2-4-15-14(13)9-18-19-15/h5-9,13H,2-4,10H2,1H3,(H,18,19)/t13-/m0/s1. The zero-order valence-corrected chi connectivity index (χ0v) is 13.6. The quantitative estimate of drug-likeness (QED) is 0.926. The first-order valence-electron chi connectivity index (χ1n) is 7.16. The Balaban J connectivity index is 1.72. The molecule has 1 aliphatic rings. The molecule has 1 N–H and O–H groups in total. The Morgan fingerprint density at radius 3 is 2.95 bits per heavy atom. The minimum atomic E-state index is -0.0482. The van der Waals surface area contributed by atoms with Crippen molar-refractivity contribution in [3.8, 4) is 0 Å². The van der Waals surface area contributed by atoms with Crippen molar-refractivity contribution < 1.29 is 4.79 Å². The van der Waals surface area contributed by atoms with E-state index in [2.05, 4.69) is 26.1 Å². The van der Waals surface area contributed by atoms with Gasteiger partial charge in [0.05, 0.1) is 12.1 Å². The van der Waals surface area contributed by atoms with E-state index in [1.165, 1.54) is 0 Å². The molecule has 0 aliphatic heterocycles. The van der Waals surface area contributed by atoms with Gasteiger partial charge in [0.2, 0.25) is 5.91 Å². The normalized spacial score (nSPS) is 17.3. The zero-order valence-electron chi connectivity index (χ0n) is 12.0. The molecule has 1 heterocycles. The Kier molecular flexibility index (Phi) is 4.10. The van der Waals surface area contributed by atoms with Crippen molar-refractivity contribution in [3.05, 3.63) is 51.8 Å². The number of nitrogens with one attached hydrogen (secondary N) is 1. The summed E-state index contributed by atoms with van der Waals surface area (Å²) in [7, 11) is 1.87. The number of hydrogen-bond acceptors (Lipinski definition) is 2. The second kappa shape index (κ2) is 6.02. The molecule has 0 bridgehead atoms. The largest absolute Gasteiger partial charge is 0.341 e. The average Bonchev–Trinajstić information content (AvgIpc) is 2.97. The maximum absolute atomic E-state index is 12.7. The van der Waals surface area contributed by atoms with Gasteiger partial charge >= 0.3 is 0 Å². The van der Waals surface area contributed by atoms with E-state index >= 15 is 0 Å². The highest BCUT2D eigenvalue weighted by molar-refractivity contribution is 9.10. The van der Waals surface area contributed by atoms with E-state index < -0.39 is 0 Å². The summed E-state index contributed by atoms with van der Waals surface area (Å²) in [5.74, 6) is 0.133. The molecular weight excluding hydrogens is 330 g/mol. The summed E-state index contributed by atoms with van der Waals surface area (Å²) in [6.45, 7) is 0.635. The summed E-state index contributed by atoms with van der Waals surface area (Å²) in [5.41, 5.74) is 3.34. The van der Waals surface area contributed by atoms with Gasteiger partial charge < -0.3 is 4.90 Å². The van der Waals surface area contributed by atoms with Gasteiger partial charge in [0.25, 0.3) is 0 Å². The van der Waals surface area contributed by atoms with Gasteiger partial charge in [-0.05, 0) is 37.0 Å². The van der Waals surface area contributed by atoms with Crippen molar-refractivity contribution in [1.82, 2.24) is 15.1 Å². The van der Waals surface area contributed by atoms with E-state index in [1.807, 2.05) is 42.4 Å². The number of likely N-dealkylation sites (N-methyl/N-ethyl adjacent to an activating group) is 1. The molecule has 110 valence electrons. The number of amides is 1. The fourth-order valence-electron chi connectivity index (χ4n) is 2.93. The maximum Gasteiger partial charge on any atom is 0.230 e. The Morgan fingerprint density at radius 2 is 2.19 bits per heavy atom. The van der Waals surface area contributed by atoms with Gasteiger partial charge in [-0.15, -0.1) is 0 Å². The fraction of sp³-hybridized carbons (Fsp3) is 0.375. The first kappa shape index (κ1) is 14.3. The van der Waals surface area contributed by atoms with Crippen LogP contribution in [0.1, 0.15) is 35.6 Å². The molecule has 0 fully saturated rings. The van der Waals surface area contributed by atoms with E-state index in [0.717, 1.165) is 40.6 Å². The molecule has 0 spiro atoms. The van der Waals surface area contributed by atoms with Crippen LogP contribution in [0.15, 0.2) is 34.9 Å². The van der Waals surface area contributed by atoms with Gasteiger partial charge in [0.1, 0.15) is 0 Å². The molecule has 1 aromatic carbocycles. The molecule has 1 atom stereocenters. The lowest BCUT2D eigenvalue weighted by atomic mass is 9.86. The number of aryl methyl sites for hydroxylation is 1. The summed E-state index contributed by atoms with van der Waals surface area (Å²) in [6.07, 6.45) is 4.76. The molecule has 1 aromatic heterocycles. The van der Waals surface area contributed by atoms with Crippen LogP contribution < -0.4 is 0 Å². The van der Waals surface area contributed by atoms with E-state index in [1.54, 1.807) is 0 Å². The molecule has 1 aliphatic carbocycles. The Hall–Kier alpha value is -1.62. The van der Waals surface area contributed by atoms with Crippen LogP contribution in [0, 0.1) is 0 Å². The van der Waals surface area contributed by atoms with E-state index in [0.29, 0.717) is 6.54 Å². The highest BCUT2D eigenvalue weighted by Gasteiger charge is 2.29. The summed E-state index contributed by atoms with van der Waals surface area (Å²) in [4.78, 5) is 14.5. The third-order valence-electron chi connectivity index (χ3n) is 4.05. The summed E-state index contributed by atoms with van der Waals surface area (Å²) >= 11 is 3.43. The highest BCUT2D eigenvalue weighted by Crippen LogP contribution is 2.31. The monoisotopic (exact) mass is 347 g/mol. The fourth-order valence-corrected chi connectivity index (χ4v) is 3.19. The number of halogens is 1. The first-order valence-corrected chi connectivity index (χ1v) is 7.96. The van der Waals surface area contributed by atoms with E-state index in [4.69, 9.17) is 0 Å². The van der Waals surface area contributed by atoms with Gasteiger partial charge in [-0.1, -0.05) is 28.1 Å². The third kappa shape index (κ3) is 3.02. The second-order valence-corrected chi connectivity index (χ2v) is 6.49. The SMILES string of the molecule is CN(Cc1ccc(Br)cc1)C(=O)[C@H]1CCCc2[nH]ncc21. The topological polar surface area (TPSA) is 49.0 Å². The highest BCUT2D eigenvalue weighted by atomic mass is 79.9. The smallest absolute Gasteiger partial charge is 0.230 e. The number of H-pyrrole nitrogens is 1. The number of hydrogen-bond donors (Lipinski definition) is 1. The molecule has 5 heteroatoms. The minimum absolute atomic E-state index is 0.0482. The van der Waals surface area contributed by atoms with Gasteiger partial charge in [0.15, 0.2) is 0 Å². The molecule has 4 nitrogen and oxygen atoms in total. The molecule has 0 unspecified atom stereocenters. The van der Waals surface area contributed by atoms with Crippen LogP contribution in [-0.4, -0.2) is 28.1 Å². The number of carbonyl (C=O) groups is 1. The number of carbonyl (C=O) groups excluding carboxylic acids is 1. The molecule has 0 radical (unpaired) electrons. The number of aromatic nitrogens is 2. The van der Waals surface area contributed by atoms with Gasteiger partial charge in [-0.3, -0.25) is 9.89 Å². The minimum Gasteiger partial charge on any atom is -0.341 e. The molecule has 0 saturated heterocycles. The number of fused-ring (bicyclic) bond motifs is 1. The van der Waals surface area contributed by atoms with Crippen LogP contribution in [0.25, 0.3) is 0 Å². The van der Waals surface area contributed by atoms with Gasteiger partial charge in [0, 0.05) is 29.3 Å². The van der Waals surface area contributed by atoms with Crippen LogP contribution in [-0.2, 0) is 17.8 Å². The predicted octanol–water partition coefficient (Wildman–Crippen LogP) is 3.25. The lowest BCUT2D eigenvalue weighted by Crippen LogP contribution is -2.32. The summed E-state index contributed by atoms with van der Waals surface area (Å²) in [6, 6.07) is 8.08. The Labute approximate surface area is 132 Å². The molecule has 0 saturated carbocycles. The van der Waals surface area contributed by atoms with Gasteiger partial charge in [-0.2, -0.15) is 5.10 Å². The zero-order chi connectivity index (χ0) is 14.8. The number of nitrogens with zero attached hydrogens (tertiary/aromatic N) is 2. The molecule has 3 rings (SSSR count). The van der Waals surface area contributed by atoms with Crippen molar-refractivity contribution in [3.63, 3.8) is 0 Å². The first-order chi connectivity index (χ1) is 10.1. The van der Waals surface area contributed by atoms with Crippen LogP contribution in [0.3, 0.4) is 0 Å². The lowest BCUT2D eigenvalue weighted by molar-refractivity contribution is -0.132. The maximum atomic E-state index is 12.7. The van der Waals surface area contributed by atoms with E-state index in [-0.39, 0.29) is 11.8 Å². The molecule has 1 amide bonds. The Morgan fingerprint density at radius 1 is 1.43 bits per heavy atom. The van der Waals surface area contributed by atoms with Crippen LogP contribution in [0.4, 0.5) is 0 Å². The van der Waals surface area contributed by atoms with Crippen molar-refractivity contribution in [2.24, 2.45) is 0 Å². The summed E-state index contributed by atoms with van der Waals surface area (Å²) < 4.78 is 1.05. The van der Waals surface area contributed by atoms with Crippen molar-refractivity contribution in [2.45, 2.75) is 31.7 Å². The number of aromatic amines is 1.